The van der Waals surface area contributed by atoms with Crippen LogP contribution in [0, 0.1) is 5.92 Å². The zero-order valence-electron chi connectivity index (χ0n) is 15.9. The Morgan fingerprint density at radius 3 is 2.69 bits per heavy atom. The molecule has 0 aromatic rings. The molecule has 0 aromatic heterocycles. The van der Waals surface area contributed by atoms with E-state index in [-0.39, 0.29) is 36.4 Å². The molecule has 7 nitrogen and oxygen atoms in total. The third kappa shape index (κ3) is 9.91. The predicted octanol–water partition coefficient (Wildman–Crippen LogP) is 1.66. The van der Waals surface area contributed by atoms with Gasteiger partial charge in [0.25, 0.3) is 0 Å². The van der Waals surface area contributed by atoms with Crippen molar-refractivity contribution in [3.8, 4) is 0 Å². The summed E-state index contributed by atoms with van der Waals surface area (Å²) >= 11 is 0. The fraction of sp³-hybridized carbons (Fsp3) is 0.889. The Balaban J connectivity index is 0.00000338. The topological polar surface area (TPSA) is 84.0 Å². The van der Waals surface area contributed by atoms with Crippen LogP contribution in [-0.2, 0) is 14.3 Å². The lowest BCUT2D eigenvalue weighted by Gasteiger charge is -2.23. The van der Waals surface area contributed by atoms with E-state index in [2.05, 4.69) is 20.9 Å². The van der Waals surface area contributed by atoms with Gasteiger partial charge in [-0.05, 0) is 25.7 Å². The third-order valence-electron chi connectivity index (χ3n) is 4.75. The maximum absolute atomic E-state index is 12.0. The zero-order chi connectivity index (χ0) is 17.7. The average molecular weight is 482 g/mol. The van der Waals surface area contributed by atoms with Gasteiger partial charge in [-0.3, -0.25) is 9.79 Å². The normalized spacial score (nSPS) is 21.1. The number of nitrogens with one attached hydrogen (secondary N) is 3. The molecular formula is C18H35IN4O3. The molecule has 1 unspecified atom stereocenters. The first-order valence-corrected chi connectivity index (χ1v) is 9.67. The Hall–Kier alpha value is -0.610. The number of carbonyl (C=O) groups is 1. The van der Waals surface area contributed by atoms with E-state index in [9.17, 15) is 4.79 Å². The standard InChI is InChI=1S/C18H34N4O3.HI/c1-19-18(20-9-5-10-24-13-15-8-11-25-14-15)21-12-17(23)22-16-6-3-2-4-7-16;/h15-16H,2-14H2,1H3,(H,22,23)(H2,19,20,21);1H. The maximum Gasteiger partial charge on any atom is 0.239 e. The molecule has 1 amide bonds. The average Bonchev–Trinajstić information content (AvgIpc) is 3.15. The number of ether oxygens (including phenoxy) is 2. The lowest BCUT2D eigenvalue weighted by Crippen LogP contribution is -2.46. The summed E-state index contributed by atoms with van der Waals surface area (Å²) in [5, 5.41) is 9.37. The Bertz CT molecular complexity index is 411. The first kappa shape index (κ1) is 23.4. The summed E-state index contributed by atoms with van der Waals surface area (Å²) in [4.78, 5) is 16.1. The summed E-state index contributed by atoms with van der Waals surface area (Å²) in [7, 11) is 1.71. The van der Waals surface area contributed by atoms with Crippen molar-refractivity contribution in [1.82, 2.24) is 16.0 Å². The van der Waals surface area contributed by atoms with Gasteiger partial charge in [0, 0.05) is 38.8 Å². The van der Waals surface area contributed by atoms with Crippen molar-refractivity contribution in [2.24, 2.45) is 10.9 Å². The maximum atomic E-state index is 12.0. The summed E-state index contributed by atoms with van der Waals surface area (Å²) in [6.45, 7) is 4.24. The minimum atomic E-state index is 0. The second-order valence-corrected chi connectivity index (χ2v) is 6.91. The summed E-state index contributed by atoms with van der Waals surface area (Å²) in [6.07, 6.45) is 7.95. The Kier molecular flexibility index (Phi) is 13.0. The molecule has 1 atom stereocenters. The van der Waals surface area contributed by atoms with Crippen LogP contribution in [0.4, 0.5) is 0 Å². The minimum Gasteiger partial charge on any atom is -0.381 e. The number of halogens is 1. The van der Waals surface area contributed by atoms with Crippen LogP contribution in [0.15, 0.2) is 4.99 Å². The molecule has 2 fully saturated rings. The highest BCUT2D eigenvalue weighted by Gasteiger charge is 2.16. The minimum absolute atomic E-state index is 0. The van der Waals surface area contributed by atoms with Crippen LogP contribution in [0.3, 0.4) is 0 Å². The summed E-state index contributed by atoms with van der Waals surface area (Å²) in [5.74, 6) is 1.25. The first-order valence-electron chi connectivity index (χ1n) is 9.67. The molecule has 3 N–H and O–H groups in total. The molecule has 1 heterocycles. The van der Waals surface area contributed by atoms with Gasteiger partial charge < -0.3 is 25.4 Å². The van der Waals surface area contributed by atoms with Crippen molar-refractivity contribution in [3.63, 3.8) is 0 Å². The van der Waals surface area contributed by atoms with Crippen molar-refractivity contribution >= 4 is 35.8 Å². The van der Waals surface area contributed by atoms with E-state index in [1.807, 2.05) is 0 Å². The molecule has 152 valence electrons. The fourth-order valence-electron chi connectivity index (χ4n) is 3.26. The molecule has 0 aromatic carbocycles. The van der Waals surface area contributed by atoms with Crippen LogP contribution in [0.2, 0.25) is 0 Å². The number of carbonyl (C=O) groups excluding carboxylic acids is 1. The molecule has 2 aliphatic rings. The second kappa shape index (κ2) is 14.4. The van der Waals surface area contributed by atoms with Crippen LogP contribution in [-0.4, -0.2) is 64.5 Å². The molecule has 1 aliphatic heterocycles. The van der Waals surface area contributed by atoms with Gasteiger partial charge >= 0.3 is 0 Å². The monoisotopic (exact) mass is 482 g/mol. The number of amides is 1. The van der Waals surface area contributed by atoms with Crippen LogP contribution in [0.5, 0.6) is 0 Å². The molecule has 0 spiro atoms. The SMILES string of the molecule is CN=C(NCCCOCC1CCOC1)NCC(=O)NC1CCCCC1.I. The number of guanidine groups is 1. The molecule has 2 rings (SSSR count). The number of nitrogens with zero attached hydrogens (tertiary/aromatic N) is 1. The fourth-order valence-corrected chi connectivity index (χ4v) is 3.26. The smallest absolute Gasteiger partial charge is 0.239 e. The van der Waals surface area contributed by atoms with Gasteiger partial charge in [0.05, 0.1) is 19.8 Å². The molecule has 26 heavy (non-hydrogen) atoms. The highest BCUT2D eigenvalue weighted by molar-refractivity contribution is 14.0. The largest absolute Gasteiger partial charge is 0.381 e. The molecule has 1 aliphatic carbocycles. The Morgan fingerprint density at radius 2 is 2.00 bits per heavy atom. The summed E-state index contributed by atoms with van der Waals surface area (Å²) < 4.78 is 11.0. The van der Waals surface area contributed by atoms with Gasteiger partial charge in [0.2, 0.25) is 5.91 Å². The number of hydrogen-bond donors (Lipinski definition) is 3. The Morgan fingerprint density at radius 1 is 1.19 bits per heavy atom. The molecule has 1 saturated carbocycles. The van der Waals surface area contributed by atoms with Gasteiger partial charge in [-0.1, -0.05) is 19.3 Å². The van der Waals surface area contributed by atoms with E-state index in [0.29, 0.717) is 17.9 Å². The third-order valence-corrected chi connectivity index (χ3v) is 4.75. The number of hydrogen-bond acceptors (Lipinski definition) is 4. The summed E-state index contributed by atoms with van der Waals surface area (Å²) in [6, 6.07) is 0.348. The van der Waals surface area contributed by atoms with Crippen LogP contribution in [0.25, 0.3) is 0 Å². The predicted molar refractivity (Wildman–Crippen MR) is 114 cm³/mol. The molecular weight excluding hydrogens is 447 g/mol. The molecule has 1 saturated heterocycles. The molecule has 0 radical (unpaired) electrons. The molecule has 0 bridgehead atoms. The van der Waals surface area contributed by atoms with Gasteiger partial charge in [0.1, 0.15) is 0 Å². The lowest BCUT2D eigenvalue weighted by molar-refractivity contribution is -0.120. The van der Waals surface area contributed by atoms with Crippen molar-refractivity contribution < 1.29 is 14.3 Å². The van der Waals surface area contributed by atoms with Crippen molar-refractivity contribution in [1.29, 1.82) is 0 Å². The van der Waals surface area contributed by atoms with Crippen LogP contribution < -0.4 is 16.0 Å². The van der Waals surface area contributed by atoms with E-state index in [1.165, 1.54) is 19.3 Å². The van der Waals surface area contributed by atoms with Gasteiger partial charge in [-0.2, -0.15) is 0 Å². The van der Waals surface area contributed by atoms with E-state index < -0.39 is 0 Å². The van der Waals surface area contributed by atoms with Crippen LogP contribution in [0.1, 0.15) is 44.9 Å². The highest BCUT2D eigenvalue weighted by Crippen LogP contribution is 2.17. The van der Waals surface area contributed by atoms with Gasteiger partial charge in [-0.25, -0.2) is 0 Å². The van der Waals surface area contributed by atoms with E-state index in [0.717, 1.165) is 58.7 Å². The van der Waals surface area contributed by atoms with E-state index in [1.54, 1.807) is 7.05 Å². The Labute approximate surface area is 174 Å². The second-order valence-electron chi connectivity index (χ2n) is 6.91. The van der Waals surface area contributed by atoms with Gasteiger partial charge in [-0.15, -0.1) is 24.0 Å². The summed E-state index contributed by atoms with van der Waals surface area (Å²) in [5.41, 5.74) is 0. The zero-order valence-corrected chi connectivity index (χ0v) is 18.3. The van der Waals surface area contributed by atoms with E-state index >= 15 is 0 Å². The van der Waals surface area contributed by atoms with Crippen molar-refractivity contribution in [2.45, 2.75) is 51.0 Å². The quantitative estimate of drug-likeness (QED) is 0.202. The first-order chi connectivity index (χ1) is 12.3. The lowest BCUT2D eigenvalue weighted by atomic mass is 9.95. The van der Waals surface area contributed by atoms with Gasteiger partial charge in [0.15, 0.2) is 5.96 Å². The van der Waals surface area contributed by atoms with Crippen molar-refractivity contribution in [3.05, 3.63) is 0 Å². The number of aliphatic imine (C=N–C) groups is 1. The van der Waals surface area contributed by atoms with Crippen LogP contribution >= 0.6 is 24.0 Å². The molecule has 8 heteroatoms. The van der Waals surface area contributed by atoms with Crippen molar-refractivity contribution in [2.75, 3.05) is 46.6 Å². The number of rotatable bonds is 9. The van der Waals surface area contributed by atoms with E-state index in [4.69, 9.17) is 9.47 Å². The highest BCUT2D eigenvalue weighted by atomic mass is 127.